The first-order chi connectivity index (χ1) is 8.35. The van der Waals surface area contributed by atoms with Crippen molar-refractivity contribution in [1.29, 1.82) is 0 Å². The number of nitrogens with zero attached hydrogens (tertiary/aromatic N) is 2. The maximum atomic E-state index is 4.65. The quantitative estimate of drug-likeness (QED) is 0.865. The zero-order valence-corrected chi connectivity index (χ0v) is 10.9. The molecule has 1 heterocycles. The van der Waals surface area contributed by atoms with Gasteiger partial charge in [0, 0.05) is 19.6 Å². The van der Waals surface area contributed by atoms with Gasteiger partial charge in [-0.15, -0.1) is 0 Å². The average molecular weight is 233 g/mol. The summed E-state index contributed by atoms with van der Waals surface area (Å²) in [4.78, 5) is 7.11. The van der Waals surface area contributed by atoms with Crippen LogP contribution in [-0.4, -0.2) is 24.6 Å². The molecule has 1 aromatic heterocycles. The summed E-state index contributed by atoms with van der Waals surface area (Å²) in [6.45, 7) is 3.27. The summed E-state index contributed by atoms with van der Waals surface area (Å²) in [5.41, 5.74) is 0. The van der Waals surface area contributed by atoms with Crippen LogP contribution in [-0.2, 0) is 0 Å². The normalized spacial score (nSPS) is 16.8. The van der Waals surface area contributed by atoms with Gasteiger partial charge in [-0.3, -0.25) is 0 Å². The SMILES string of the molecule is CCN(c1cccc(NC)n1)C1CCCCC1. The minimum atomic E-state index is 0.688. The highest BCUT2D eigenvalue weighted by molar-refractivity contribution is 5.47. The first-order valence-electron chi connectivity index (χ1n) is 6.76. The topological polar surface area (TPSA) is 28.2 Å². The van der Waals surface area contributed by atoms with Crippen molar-refractivity contribution in [3.05, 3.63) is 18.2 Å². The van der Waals surface area contributed by atoms with Crippen molar-refractivity contribution in [2.45, 2.75) is 45.1 Å². The summed E-state index contributed by atoms with van der Waals surface area (Å²) >= 11 is 0. The molecule has 1 aliphatic rings. The molecule has 0 radical (unpaired) electrons. The molecule has 0 aliphatic heterocycles. The number of hydrogen-bond acceptors (Lipinski definition) is 3. The highest BCUT2D eigenvalue weighted by Crippen LogP contribution is 2.26. The molecule has 0 amide bonds. The lowest BCUT2D eigenvalue weighted by Gasteiger charge is -2.34. The second-order valence-electron chi connectivity index (χ2n) is 4.71. The van der Waals surface area contributed by atoms with Crippen molar-refractivity contribution in [2.24, 2.45) is 0 Å². The molecule has 0 bridgehead atoms. The van der Waals surface area contributed by atoms with Crippen molar-refractivity contribution in [3.63, 3.8) is 0 Å². The Morgan fingerprint density at radius 3 is 2.71 bits per heavy atom. The van der Waals surface area contributed by atoms with E-state index in [2.05, 4.69) is 34.3 Å². The van der Waals surface area contributed by atoms with Gasteiger partial charge in [-0.25, -0.2) is 4.98 Å². The molecule has 94 valence electrons. The largest absolute Gasteiger partial charge is 0.373 e. The predicted molar refractivity (Wildman–Crippen MR) is 73.7 cm³/mol. The van der Waals surface area contributed by atoms with E-state index in [-0.39, 0.29) is 0 Å². The summed E-state index contributed by atoms with van der Waals surface area (Å²) in [6, 6.07) is 6.91. The summed E-state index contributed by atoms with van der Waals surface area (Å²) in [5.74, 6) is 2.07. The Morgan fingerprint density at radius 1 is 1.29 bits per heavy atom. The van der Waals surface area contributed by atoms with Crippen molar-refractivity contribution in [2.75, 3.05) is 23.8 Å². The van der Waals surface area contributed by atoms with Crippen LogP contribution in [0.15, 0.2) is 18.2 Å². The third-order valence-electron chi connectivity index (χ3n) is 3.64. The number of pyridine rings is 1. The van der Waals surface area contributed by atoms with Crippen molar-refractivity contribution < 1.29 is 0 Å². The Balaban J connectivity index is 2.15. The van der Waals surface area contributed by atoms with Gasteiger partial charge >= 0.3 is 0 Å². The summed E-state index contributed by atoms with van der Waals surface area (Å²) in [7, 11) is 1.92. The molecule has 0 spiro atoms. The van der Waals surface area contributed by atoms with Crippen molar-refractivity contribution in [1.82, 2.24) is 4.98 Å². The molecule has 1 aromatic rings. The maximum Gasteiger partial charge on any atom is 0.131 e. The first-order valence-corrected chi connectivity index (χ1v) is 6.76. The number of aromatic nitrogens is 1. The number of nitrogens with one attached hydrogen (secondary N) is 1. The molecule has 0 saturated heterocycles. The van der Waals surface area contributed by atoms with Gasteiger partial charge in [0.1, 0.15) is 11.6 Å². The van der Waals surface area contributed by atoms with Gasteiger partial charge in [0.2, 0.25) is 0 Å². The van der Waals surface area contributed by atoms with E-state index in [0.29, 0.717) is 6.04 Å². The van der Waals surface area contributed by atoms with E-state index in [1.54, 1.807) is 0 Å². The molecule has 17 heavy (non-hydrogen) atoms. The van der Waals surface area contributed by atoms with Crippen LogP contribution in [0.3, 0.4) is 0 Å². The summed E-state index contributed by atoms with van der Waals surface area (Å²) in [6.07, 6.45) is 6.77. The lowest BCUT2D eigenvalue weighted by atomic mass is 9.94. The predicted octanol–water partition coefficient (Wildman–Crippen LogP) is 3.28. The van der Waals surface area contributed by atoms with Crippen LogP contribution >= 0.6 is 0 Å². The Morgan fingerprint density at radius 2 is 2.06 bits per heavy atom. The van der Waals surface area contributed by atoms with Crippen LogP contribution in [0.4, 0.5) is 11.6 Å². The maximum absolute atomic E-state index is 4.65. The van der Waals surface area contributed by atoms with Gasteiger partial charge in [0.25, 0.3) is 0 Å². The van der Waals surface area contributed by atoms with E-state index < -0.39 is 0 Å². The van der Waals surface area contributed by atoms with E-state index in [1.165, 1.54) is 32.1 Å². The number of rotatable bonds is 4. The fourth-order valence-electron chi connectivity index (χ4n) is 2.72. The minimum Gasteiger partial charge on any atom is -0.373 e. The fraction of sp³-hybridized carbons (Fsp3) is 0.643. The summed E-state index contributed by atoms with van der Waals surface area (Å²) < 4.78 is 0. The van der Waals surface area contributed by atoms with Crippen LogP contribution in [0.2, 0.25) is 0 Å². The van der Waals surface area contributed by atoms with Gasteiger partial charge in [-0.05, 0) is 31.9 Å². The molecule has 3 nitrogen and oxygen atoms in total. The van der Waals surface area contributed by atoms with Gasteiger partial charge in [-0.2, -0.15) is 0 Å². The number of hydrogen-bond donors (Lipinski definition) is 1. The Bertz CT molecular complexity index is 345. The van der Waals surface area contributed by atoms with E-state index in [0.717, 1.165) is 18.2 Å². The molecular weight excluding hydrogens is 210 g/mol. The fourth-order valence-corrected chi connectivity index (χ4v) is 2.72. The molecule has 0 unspecified atom stereocenters. The Kier molecular flexibility index (Phi) is 4.24. The van der Waals surface area contributed by atoms with Gasteiger partial charge in [-0.1, -0.05) is 25.3 Å². The molecule has 1 aliphatic carbocycles. The smallest absolute Gasteiger partial charge is 0.131 e. The van der Waals surface area contributed by atoms with Gasteiger partial charge in [0.15, 0.2) is 0 Å². The highest BCUT2D eigenvalue weighted by atomic mass is 15.2. The van der Waals surface area contributed by atoms with E-state index >= 15 is 0 Å². The van der Waals surface area contributed by atoms with Crippen LogP contribution in [0.1, 0.15) is 39.0 Å². The highest BCUT2D eigenvalue weighted by Gasteiger charge is 2.20. The molecule has 0 atom stereocenters. The van der Waals surface area contributed by atoms with Crippen molar-refractivity contribution >= 4 is 11.6 Å². The van der Waals surface area contributed by atoms with Crippen LogP contribution in [0.5, 0.6) is 0 Å². The zero-order valence-electron chi connectivity index (χ0n) is 10.9. The van der Waals surface area contributed by atoms with Crippen LogP contribution in [0.25, 0.3) is 0 Å². The average Bonchev–Trinajstić information content (AvgIpc) is 2.41. The third kappa shape index (κ3) is 2.90. The lowest BCUT2D eigenvalue weighted by Crippen LogP contribution is -2.37. The van der Waals surface area contributed by atoms with E-state index in [1.807, 2.05) is 13.1 Å². The van der Waals surface area contributed by atoms with Gasteiger partial charge in [0.05, 0.1) is 0 Å². The molecule has 1 fully saturated rings. The molecule has 1 N–H and O–H groups in total. The number of anilines is 2. The van der Waals surface area contributed by atoms with Crippen LogP contribution in [0, 0.1) is 0 Å². The van der Waals surface area contributed by atoms with E-state index in [4.69, 9.17) is 0 Å². The van der Waals surface area contributed by atoms with Crippen LogP contribution < -0.4 is 10.2 Å². The molecule has 2 rings (SSSR count). The first kappa shape index (κ1) is 12.2. The Labute approximate surface area is 104 Å². The Hall–Kier alpha value is -1.25. The molecule has 0 aromatic carbocycles. The van der Waals surface area contributed by atoms with Gasteiger partial charge < -0.3 is 10.2 Å². The zero-order chi connectivity index (χ0) is 12.1. The van der Waals surface area contributed by atoms with Crippen molar-refractivity contribution in [3.8, 4) is 0 Å². The standard InChI is InChI=1S/C14H23N3/c1-3-17(12-8-5-4-6-9-12)14-11-7-10-13(15-2)16-14/h7,10-12H,3-6,8-9H2,1-2H3,(H,15,16). The summed E-state index contributed by atoms with van der Waals surface area (Å²) in [5, 5.41) is 3.11. The second-order valence-corrected chi connectivity index (χ2v) is 4.71. The lowest BCUT2D eigenvalue weighted by molar-refractivity contribution is 0.416. The molecule has 3 heteroatoms. The molecular formula is C14H23N3. The second kappa shape index (κ2) is 5.89. The molecule has 1 saturated carbocycles. The minimum absolute atomic E-state index is 0.688. The monoisotopic (exact) mass is 233 g/mol. The van der Waals surface area contributed by atoms with E-state index in [9.17, 15) is 0 Å². The third-order valence-corrected chi connectivity index (χ3v) is 3.64.